The van der Waals surface area contributed by atoms with Crippen molar-refractivity contribution >= 4 is 17.0 Å². The molecule has 0 aliphatic heterocycles. The number of fused-ring (bicyclic) bond motifs is 1. The minimum Gasteiger partial charge on any atom is -0.478 e. The molecular weight excluding hydrogens is 254 g/mol. The second-order valence-electron chi connectivity index (χ2n) is 4.82. The molecule has 20 heavy (non-hydrogen) atoms. The Hall–Kier alpha value is -1.88. The quantitative estimate of drug-likeness (QED) is 0.879. The van der Waals surface area contributed by atoms with E-state index in [1.54, 1.807) is 12.1 Å². The fraction of sp³-hybridized carbons (Fsp3) is 0.467. The summed E-state index contributed by atoms with van der Waals surface area (Å²) in [5, 5.41) is 9.22. The highest BCUT2D eigenvalue weighted by molar-refractivity contribution is 6.01. The fourth-order valence-corrected chi connectivity index (χ4v) is 2.50. The van der Waals surface area contributed by atoms with Crippen molar-refractivity contribution in [3.8, 4) is 0 Å². The van der Waals surface area contributed by atoms with Gasteiger partial charge < -0.3 is 14.6 Å². The summed E-state index contributed by atoms with van der Waals surface area (Å²) in [7, 11) is 0. The number of hydrogen-bond donors (Lipinski definition) is 1. The van der Waals surface area contributed by atoms with Gasteiger partial charge in [0.25, 0.3) is 0 Å². The number of carboxylic acids is 1. The van der Waals surface area contributed by atoms with E-state index in [2.05, 4.69) is 28.3 Å². The number of hydrogen-bond acceptors (Lipinski definition) is 3. The van der Waals surface area contributed by atoms with Gasteiger partial charge in [-0.2, -0.15) is 0 Å². The molecule has 0 saturated heterocycles. The molecule has 0 aliphatic carbocycles. The molecule has 1 heterocycles. The molecule has 0 saturated carbocycles. The minimum atomic E-state index is -0.927. The van der Waals surface area contributed by atoms with Crippen LogP contribution in [0.1, 0.15) is 30.0 Å². The van der Waals surface area contributed by atoms with E-state index in [1.807, 2.05) is 13.0 Å². The Morgan fingerprint density at radius 2 is 2.05 bits per heavy atom. The number of likely N-dealkylation sites (N-methyl/N-ethyl adjacent to an activating group) is 1. The van der Waals surface area contributed by atoms with Gasteiger partial charge in [-0.1, -0.05) is 19.9 Å². The molecule has 2 rings (SSSR count). The highest BCUT2D eigenvalue weighted by Gasteiger charge is 2.15. The van der Waals surface area contributed by atoms with E-state index in [-0.39, 0.29) is 5.56 Å². The number of aromatic carboxylic acids is 1. The lowest BCUT2D eigenvalue weighted by Crippen LogP contribution is -2.27. The van der Waals surface area contributed by atoms with Crippen molar-refractivity contribution < 1.29 is 9.90 Å². The number of nitrogens with zero attached hydrogens (tertiary/aromatic N) is 3. The molecule has 1 aromatic heterocycles. The number of aromatic nitrogens is 2. The van der Waals surface area contributed by atoms with Crippen molar-refractivity contribution in [3.05, 3.63) is 29.6 Å². The molecule has 0 fully saturated rings. The zero-order chi connectivity index (χ0) is 14.7. The highest BCUT2D eigenvalue weighted by Crippen LogP contribution is 2.20. The Labute approximate surface area is 118 Å². The molecule has 108 valence electrons. The Balaban J connectivity index is 2.37. The van der Waals surface area contributed by atoms with Crippen LogP contribution in [0, 0.1) is 6.92 Å². The Morgan fingerprint density at radius 3 is 2.65 bits per heavy atom. The molecule has 2 aromatic rings. The zero-order valence-corrected chi connectivity index (χ0v) is 12.3. The molecule has 1 N–H and O–H groups in total. The van der Waals surface area contributed by atoms with Gasteiger partial charge in [-0.15, -0.1) is 0 Å². The molecule has 1 aromatic carbocycles. The maximum atomic E-state index is 11.2. The van der Waals surface area contributed by atoms with Crippen molar-refractivity contribution in [2.24, 2.45) is 0 Å². The van der Waals surface area contributed by atoms with Gasteiger partial charge in [0.1, 0.15) is 11.3 Å². The molecule has 5 heteroatoms. The predicted octanol–water partition coefficient (Wildman–Crippen LogP) is 2.38. The number of carboxylic acid groups (broad SMARTS) is 1. The van der Waals surface area contributed by atoms with Crippen molar-refractivity contribution in [2.75, 3.05) is 19.6 Å². The molecule has 0 bridgehead atoms. The van der Waals surface area contributed by atoms with Gasteiger partial charge in [0, 0.05) is 13.1 Å². The first-order valence-corrected chi connectivity index (χ1v) is 7.00. The van der Waals surface area contributed by atoms with E-state index >= 15 is 0 Å². The van der Waals surface area contributed by atoms with Gasteiger partial charge in [0.05, 0.1) is 11.1 Å². The summed E-state index contributed by atoms with van der Waals surface area (Å²) in [6.45, 7) is 10.0. The summed E-state index contributed by atoms with van der Waals surface area (Å²) in [6, 6.07) is 5.32. The smallest absolute Gasteiger partial charge is 0.337 e. The number of rotatable bonds is 6. The number of para-hydroxylation sites is 1. The molecule has 0 atom stereocenters. The predicted molar refractivity (Wildman–Crippen MR) is 79.2 cm³/mol. The van der Waals surface area contributed by atoms with E-state index < -0.39 is 5.97 Å². The lowest BCUT2D eigenvalue weighted by atomic mass is 10.2. The molecule has 0 unspecified atom stereocenters. The fourth-order valence-electron chi connectivity index (χ4n) is 2.50. The number of imidazole rings is 1. The highest BCUT2D eigenvalue weighted by atomic mass is 16.4. The third-order valence-electron chi connectivity index (χ3n) is 3.73. The normalized spacial score (nSPS) is 11.4. The summed E-state index contributed by atoms with van der Waals surface area (Å²) in [4.78, 5) is 18.0. The van der Waals surface area contributed by atoms with Crippen LogP contribution in [-0.2, 0) is 6.54 Å². The number of benzene rings is 1. The summed E-state index contributed by atoms with van der Waals surface area (Å²) < 4.78 is 2.10. The second kappa shape index (κ2) is 6.05. The van der Waals surface area contributed by atoms with Crippen LogP contribution < -0.4 is 0 Å². The average Bonchev–Trinajstić information content (AvgIpc) is 2.75. The van der Waals surface area contributed by atoms with E-state index in [4.69, 9.17) is 0 Å². The maximum Gasteiger partial charge on any atom is 0.337 e. The standard InChI is InChI=1S/C15H21N3O2/c1-4-17(5-2)9-10-18-11(3)16-14-12(15(19)20)7-6-8-13(14)18/h6-8H,4-5,9-10H2,1-3H3,(H,19,20). The minimum absolute atomic E-state index is 0.271. The Bertz CT molecular complexity index is 615. The monoisotopic (exact) mass is 275 g/mol. The van der Waals surface area contributed by atoms with Crippen LogP contribution in [0.4, 0.5) is 0 Å². The van der Waals surface area contributed by atoms with Gasteiger partial charge in [-0.05, 0) is 32.1 Å². The van der Waals surface area contributed by atoms with Gasteiger partial charge in [-0.25, -0.2) is 9.78 Å². The first kappa shape index (κ1) is 14.5. The van der Waals surface area contributed by atoms with Crippen molar-refractivity contribution in [3.63, 3.8) is 0 Å². The van der Waals surface area contributed by atoms with Crippen molar-refractivity contribution in [2.45, 2.75) is 27.3 Å². The van der Waals surface area contributed by atoms with Crippen LogP contribution in [0.2, 0.25) is 0 Å². The molecule has 5 nitrogen and oxygen atoms in total. The van der Waals surface area contributed by atoms with Crippen LogP contribution >= 0.6 is 0 Å². The summed E-state index contributed by atoms with van der Waals surface area (Å²) in [6.07, 6.45) is 0. The molecule has 0 radical (unpaired) electrons. The Kier molecular flexibility index (Phi) is 4.39. The van der Waals surface area contributed by atoms with Crippen LogP contribution in [-0.4, -0.2) is 45.2 Å². The number of carbonyl (C=O) groups is 1. The van der Waals surface area contributed by atoms with Crippen LogP contribution in [0.3, 0.4) is 0 Å². The Morgan fingerprint density at radius 1 is 1.35 bits per heavy atom. The van der Waals surface area contributed by atoms with Gasteiger partial charge >= 0.3 is 5.97 Å². The van der Waals surface area contributed by atoms with Gasteiger partial charge in [0.2, 0.25) is 0 Å². The van der Waals surface area contributed by atoms with Gasteiger partial charge in [-0.3, -0.25) is 0 Å². The third kappa shape index (κ3) is 2.67. The zero-order valence-electron chi connectivity index (χ0n) is 12.3. The van der Waals surface area contributed by atoms with Crippen molar-refractivity contribution in [1.82, 2.24) is 14.5 Å². The van der Waals surface area contributed by atoms with E-state index in [9.17, 15) is 9.90 Å². The van der Waals surface area contributed by atoms with Crippen LogP contribution in [0.5, 0.6) is 0 Å². The largest absolute Gasteiger partial charge is 0.478 e. The van der Waals surface area contributed by atoms with E-state index in [0.717, 1.165) is 37.5 Å². The van der Waals surface area contributed by atoms with E-state index in [0.29, 0.717) is 5.52 Å². The lowest BCUT2D eigenvalue weighted by molar-refractivity contribution is 0.0699. The maximum absolute atomic E-state index is 11.2. The summed E-state index contributed by atoms with van der Waals surface area (Å²) in [5.41, 5.74) is 1.75. The summed E-state index contributed by atoms with van der Waals surface area (Å²) >= 11 is 0. The molecule has 0 aliphatic rings. The first-order chi connectivity index (χ1) is 9.58. The molecule has 0 amide bonds. The third-order valence-corrected chi connectivity index (χ3v) is 3.73. The SMILES string of the molecule is CCN(CC)CCn1c(C)nc2c(C(=O)O)cccc21. The molecule has 0 spiro atoms. The number of aryl methyl sites for hydroxylation is 1. The van der Waals surface area contributed by atoms with Crippen LogP contribution in [0.15, 0.2) is 18.2 Å². The van der Waals surface area contributed by atoms with Crippen LogP contribution in [0.25, 0.3) is 11.0 Å². The second-order valence-corrected chi connectivity index (χ2v) is 4.82. The van der Waals surface area contributed by atoms with E-state index in [1.165, 1.54) is 0 Å². The first-order valence-electron chi connectivity index (χ1n) is 7.00. The van der Waals surface area contributed by atoms with Gasteiger partial charge in [0.15, 0.2) is 0 Å². The molecular formula is C15H21N3O2. The lowest BCUT2D eigenvalue weighted by Gasteiger charge is -2.18. The topological polar surface area (TPSA) is 58.4 Å². The average molecular weight is 275 g/mol. The summed E-state index contributed by atoms with van der Waals surface area (Å²) in [5.74, 6) is -0.0650. The van der Waals surface area contributed by atoms with Crippen molar-refractivity contribution in [1.29, 1.82) is 0 Å².